The molecule has 1 saturated heterocycles. The second-order valence-electron chi connectivity index (χ2n) is 21.3. The maximum atomic E-state index is 15.0. The van der Waals surface area contributed by atoms with E-state index >= 15 is 4.79 Å². The fraction of sp³-hybridized carbons (Fsp3) is 0.558. The number of carboxylic acids is 2. The number of H-pyrrole nitrogens is 1. The molecular formula is C52H73N15O13. The molecule has 10 atom stereocenters. The van der Waals surface area contributed by atoms with Crippen LogP contribution in [0, 0.1) is 17.8 Å². The zero-order chi connectivity index (χ0) is 58.7. The number of nitrogens with two attached hydrogens (primary N) is 2. The van der Waals surface area contributed by atoms with Gasteiger partial charge in [0.1, 0.15) is 60.5 Å². The van der Waals surface area contributed by atoms with E-state index in [2.05, 4.69) is 62.8 Å². The monoisotopic (exact) mass is 1120 g/mol. The number of rotatable bonds is 16. The van der Waals surface area contributed by atoms with Crippen molar-refractivity contribution >= 4 is 82.0 Å². The lowest BCUT2D eigenvalue weighted by molar-refractivity contribution is -0.147. The average molecular weight is 1120 g/mol. The van der Waals surface area contributed by atoms with Crippen molar-refractivity contribution in [1.29, 1.82) is 0 Å². The molecule has 7 rings (SSSR count). The summed E-state index contributed by atoms with van der Waals surface area (Å²) in [6.45, 7) is 10.2. The van der Waals surface area contributed by atoms with E-state index in [0.29, 0.717) is 28.5 Å². The highest BCUT2D eigenvalue weighted by Gasteiger charge is 2.41. The highest BCUT2D eigenvalue weighted by atomic mass is 16.4. The molecular weight excluding hydrogens is 1040 g/mol. The summed E-state index contributed by atoms with van der Waals surface area (Å²) in [4.78, 5) is 163. The number of guanidine groups is 1. The Hall–Kier alpha value is -8.59. The minimum Gasteiger partial charge on any atom is -0.481 e. The van der Waals surface area contributed by atoms with Crippen LogP contribution in [-0.4, -0.2) is 157 Å². The maximum Gasteiger partial charge on any atom is 0.326 e. The number of fused-ring (bicyclic) bond motifs is 13. The molecule has 0 spiro atoms. The van der Waals surface area contributed by atoms with Crippen LogP contribution in [0.5, 0.6) is 0 Å². The Morgan fingerprint density at radius 1 is 0.825 bits per heavy atom. The summed E-state index contributed by atoms with van der Waals surface area (Å²) in [7, 11) is 0. The number of aromatic amines is 1. The first-order chi connectivity index (χ1) is 37.8. The van der Waals surface area contributed by atoms with E-state index in [1.54, 1.807) is 32.0 Å². The molecule has 1 aromatic carbocycles. The summed E-state index contributed by atoms with van der Waals surface area (Å²) < 4.78 is 1.51. The third-order valence-corrected chi connectivity index (χ3v) is 14.4. The van der Waals surface area contributed by atoms with Crippen molar-refractivity contribution in [3.05, 3.63) is 47.5 Å². The van der Waals surface area contributed by atoms with Gasteiger partial charge in [0, 0.05) is 54.4 Å². The smallest absolute Gasteiger partial charge is 0.326 e. The number of carboxylic acid groups (broad SMARTS) is 2. The molecule has 0 radical (unpaired) electrons. The third-order valence-electron chi connectivity index (χ3n) is 14.4. The van der Waals surface area contributed by atoms with Crippen LogP contribution < -0.4 is 59.3 Å². The van der Waals surface area contributed by atoms with Crippen LogP contribution in [0.4, 0.5) is 0 Å². The Morgan fingerprint density at radius 2 is 1.54 bits per heavy atom. The van der Waals surface area contributed by atoms with Crippen LogP contribution >= 0.6 is 0 Å². The van der Waals surface area contributed by atoms with E-state index in [1.807, 2.05) is 27.7 Å². The van der Waals surface area contributed by atoms with Crippen molar-refractivity contribution in [2.24, 2.45) is 34.2 Å². The van der Waals surface area contributed by atoms with E-state index in [-0.39, 0.29) is 80.3 Å². The predicted octanol–water partition coefficient (Wildman–Crippen LogP) is -2.30. The van der Waals surface area contributed by atoms with Gasteiger partial charge < -0.3 is 74.5 Å². The summed E-state index contributed by atoms with van der Waals surface area (Å²) in [5.41, 5.74) is 12.6. The normalized spacial score (nSPS) is 24.1. The number of hydrogen-bond acceptors (Lipinski definition) is 13. The number of nitrogens with one attached hydrogen (secondary N) is 10. The molecule has 434 valence electrons. The molecule has 0 saturated carbocycles. The van der Waals surface area contributed by atoms with Gasteiger partial charge in [-0.2, -0.15) is 0 Å². The van der Waals surface area contributed by atoms with Gasteiger partial charge in [0.2, 0.25) is 53.2 Å². The minimum atomic E-state index is -1.90. The molecule has 16 N–H and O–H groups in total. The lowest BCUT2D eigenvalue weighted by Gasteiger charge is -2.33. The number of amides is 9. The predicted molar refractivity (Wildman–Crippen MR) is 287 cm³/mol. The number of aromatic nitrogens is 3. The maximum absolute atomic E-state index is 15.0. The van der Waals surface area contributed by atoms with Crippen molar-refractivity contribution in [2.45, 2.75) is 154 Å². The largest absolute Gasteiger partial charge is 0.481 e. The lowest BCUT2D eigenvalue weighted by Crippen LogP contribution is -2.61. The zero-order valence-corrected chi connectivity index (χ0v) is 45.5. The summed E-state index contributed by atoms with van der Waals surface area (Å²) in [6.07, 6.45) is 1.90. The zero-order valence-electron chi connectivity index (χ0n) is 45.5. The molecule has 80 heavy (non-hydrogen) atoms. The van der Waals surface area contributed by atoms with E-state index in [1.165, 1.54) is 17.1 Å². The summed E-state index contributed by atoms with van der Waals surface area (Å²) >= 11 is 0. The van der Waals surface area contributed by atoms with Gasteiger partial charge in [0.05, 0.1) is 18.7 Å². The van der Waals surface area contributed by atoms with E-state index in [4.69, 9.17) is 11.5 Å². The van der Waals surface area contributed by atoms with Crippen LogP contribution in [0.15, 0.2) is 35.7 Å². The molecule has 28 heteroatoms. The number of carbonyl (C=O) groups excluding carboxylic acids is 9. The molecule has 9 amide bonds. The average Bonchev–Trinajstić information content (AvgIpc) is 4.16. The topological polar surface area (TPSA) is 435 Å². The fourth-order valence-electron chi connectivity index (χ4n) is 10.1. The Morgan fingerprint density at radius 3 is 2.17 bits per heavy atom. The molecule has 1 fully saturated rings. The van der Waals surface area contributed by atoms with Gasteiger partial charge in [0.25, 0.3) is 0 Å². The van der Waals surface area contributed by atoms with E-state index in [0.717, 1.165) is 0 Å². The third kappa shape index (κ3) is 15.6. The molecule has 6 heterocycles. The summed E-state index contributed by atoms with van der Waals surface area (Å²) in [6, 6.07) is -6.00. The standard InChI is InChI=1S/C52H73N15O13/c1-7-25(6)41-49(77)63-35-18-29-28-11-10-26(40(24(4)5)42(66-45(73)31-12-13-37(68)58-31)50(78)62-33(15-23(2)3)48(76)65-41)16-32(28)60-43(29)67-21-27(57-22-67)17-34(46(74)64-36(51(79)80)19-39(70)71)59-38(69)20-56-44(72)30(61-47(35)75)9-8-14-55-52(53)54/h10-11,16,21-25,30-31,33-36,40-42,60H,7-9,12-15,17-20H2,1-6H3,(H,56,72)(H,58,68)(H,59,69)(H,61,75)(H,62,78)(H,63,77)(H,64,74)(H,65,76)(H,66,73)(H,70,71)(H,79,80)(H4,53,54,55)/t25?,30-,31+,33-,34+,35-,36+,40+,41-,42-/m0/s1. The van der Waals surface area contributed by atoms with Gasteiger partial charge in [-0.25, -0.2) is 9.78 Å². The first-order valence-electron chi connectivity index (χ1n) is 26.7. The number of aliphatic carboxylic acids is 2. The lowest BCUT2D eigenvalue weighted by atomic mass is 9.81. The Kier molecular flexibility index (Phi) is 20.3. The highest BCUT2D eigenvalue weighted by Crippen LogP contribution is 2.35. The molecule has 7 bridgehead atoms. The summed E-state index contributed by atoms with van der Waals surface area (Å²) in [5, 5.41) is 43.6. The highest BCUT2D eigenvalue weighted by molar-refractivity contribution is 6.00. The van der Waals surface area contributed by atoms with Crippen LogP contribution in [-0.2, 0) is 65.6 Å². The Labute approximate surface area is 460 Å². The van der Waals surface area contributed by atoms with E-state index < -0.39 is 139 Å². The molecule has 3 aromatic rings. The van der Waals surface area contributed by atoms with Crippen molar-refractivity contribution < 1.29 is 63.0 Å². The fourth-order valence-corrected chi connectivity index (χ4v) is 10.1. The van der Waals surface area contributed by atoms with Crippen molar-refractivity contribution in [1.82, 2.24) is 62.4 Å². The molecule has 4 aliphatic heterocycles. The second-order valence-corrected chi connectivity index (χ2v) is 21.3. The first-order valence-corrected chi connectivity index (χ1v) is 26.7. The van der Waals surface area contributed by atoms with Crippen LogP contribution in [0.1, 0.15) is 109 Å². The number of carbonyl (C=O) groups is 11. The van der Waals surface area contributed by atoms with Gasteiger partial charge in [-0.1, -0.05) is 60.1 Å². The summed E-state index contributed by atoms with van der Waals surface area (Å²) in [5.74, 6) is -12.0. The van der Waals surface area contributed by atoms with Crippen LogP contribution in [0.3, 0.4) is 0 Å². The molecule has 0 aliphatic carbocycles. The molecule has 28 nitrogen and oxygen atoms in total. The molecule has 2 aromatic heterocycles. The molecule has 1 unspecified atom stereocenters. The number of aliphatic imine (C=N–C) groups is 1. The quantitative estimate of drug-likeness (QED) is 0.0310. The van der Waals surface area contributed by atoms with Gasteiger partial charge in [-0.15, -0.1) is 0 Å². The van der Waals surface area contributed by atoms with Crippen LogP contribution in [0.25, 0.3) is 16.7 Å². The number of benzene rings is 1. The van der Waals surface area contributed by atoms with Gasteiger partial charge in [-0.05, 0) is 55.1 Å². The SMILES string of the molecule is CCC(C)[C@@H]1NC(=O)[C@H](CC(C)C)NC(=O)[C@@H](NC(=O)[C@H]2CCC(=O)N2)[C@H](C(C)C)c2ccc3c4c([nH]c3c2)-n2cnc(c2)C[C@H](C(=O)N[C@H](CC(=O)O)C(=O)O)NC(=O)CNC(=O)[C@H](CCCN=C(N)N)NC(=O)[C@H](C4)NC1=O. The number of nitrogens with zero attached hydrogens (tertiary/aromatic N) is 3. The van der Waals surface area contributed by atoms with Gasteiger partial charge in [-0.3, -0.25) is 57.5 Å². The molecule has 4 aliphatic rings. The number of hydrogen-bond donors (Lipinski definition) is 14. The van der Waals surface area contributed by atoms with Gasteiger partial charge >= 0.3 is 11.9 Å². The second kappa shape index (κ2) is 26.8. The number of imidazole rings is 1. The Balaban J connectivity index is 1.58. The van der Waals surface area contributed by atoms with Crippen molar-refractivity contribution in [3.63, 3.8) is 0 Å². The Bertz CT molecular complexity index is 2890. The van der Waals surface area contributed by atoms with Crippen molar-refractivity contribution in [3.8, 4) is 5.82 Å². The van der Waals surface area contributed by atoms with Gasteiger partial charge in [0.15, 0.2) is 5.96 Å². The van der Waals surface area contributed by atoms with E-state index in [9.17, 15) is 58.2 Å². The van der Waals surface area contributed by atoms with Crippen LogP contribution in [0.2, 0.25) is 0 Å². The minimum absolute atomic E-state index is 0.0180. The first kappa shape index (κ1) is 60.6. The van der Waals surface area contributed by atoms with Crippen molar-refractivity contribution in [2.75, 3.05) is 13.1 Å².